The second-order valence-corrected chi connectivity index (χ2v) is 5.02. The van der Waals surface area contributed by atoms with E-state index in [-0.39, 0.29) is 5.78 Å². The third-order valence-corrected chi connectivity index (χ3v) is 3.67. The van der Waals surface area contributed by atoms with Crippen LogP contribution in [0.2, 0.25) is 0 Å². The molecule has 106 valence electrons. The van der Waals surface area contributed by atoms with Crippen LogP contribution in [0.4, 0.5) is 0 Å². The molecule has 0 atom stereocenters. The van der Waals surface area contributed by atoms with Crippen LogP contribution in [0, 0.1) is 0 Å². The summed E-state index contributed by atoms with van der Waals surface area (Å²) in [5, 5.41) is 0.924. The average Bonchev–Trinajstić information content (AvgIpc) is 2.96. The molecule has 2 aromatic carbocycles. The Kier molecular flexibility index (Phi) is 3.73. The maximum atomic E-state index is 12.4. The number of carbonyl (C=O) groups excluding carboxylic acids is 1. The van der Waals surface area contributed by atoms with E-state index in [0.29, 0.717) is 6.42 Å². The first-order chi connectivity index (χ1) is 10.3. The highest BCUT2D eigenvalue weighted by Gasteiger charge is 2.12. The molecule has 0 spiro atoms. The summed E-state index contributed by atoms with van der Waals surface area (Å²) in [7, 11) is 1.63. The Bertz CT molecular complexity index is 759. The summed E-state index contributed by atoms with van der Waals surface area (Å²) < 4.78 is 5.23. The van der Waals surface area contributed by atoms with E-state index in [4.69, 9.17) is 4.74 Å². The Hall–Kier alpha value is -2.55. The minimum absolute atomic E-state index is 0.151. The Morgan fingerprint density at radius 2 is 1.95 bits per heavy atom. The van der Waals surface area contributed by atoms with E-state index >= 15 is 0 Å². The molecule has 1 aromatic heterocycles. The van der Waals surface area contributed by atoms with E-state index in [1.54, 1.807) is 13.3 Å². The topological polar surface area (TPSA) is 42.1 Å². The molecule has 0 aliphatic carbocycles. The van der Waals surface area contributed by atoms with E-state index in [9.17, 15) is 4.79 Å². The highest BCUT2D eigenvalue weighted by Crippen LogP contribution is 2.24. The average molecular weight is 279 g/mol. The van der Waals surface area contributed by atoms with Crippen LogP contribution in [0.1, 0.15) is 22.3 Å². The molecule has 3 nitrogen and oxygen atoms in total. The minimum Gasteiger partial charge on any atom is -0.497 e. The number of ketones is 1. The van der Waals surface area contributed by atoms with Gasteiger partial charge in [-0.2, -0.15) is 0 Å². The van der Waals surface area contributed by atoms with Gasteiger partial charge in [0.2, 0.25) is 0 Å². The molecular weight excluding hydrogens is 262 g/mol. The largest absolute Gasteiger partial charge is 0.497 e. The second-order valence-electron chi connectivity index (χ2n) is 5.02. The third kappa shape index (κ3) is 2.82. The van der Waals surface area contributed by atoms with E-state index in [2.05, 4.69) is 4.98 Å². The molecule has 0 bridgehead atoms. The quantitative estimate of drug-likeness (QED) is 0.717. The van der Waals surface area contributed by atoms with Gasteiger partial charge in [0.25, 0.3) is 0 Å². The molecule has 0 saturated carbocycles. The molecule has 3 rings (SSSR count). The summed E-state index contributed by atoms with van der Waals surface area (Å²) in [6, 6.07) is 15.8. The molecule has 1 heterocycles. The standard InChI is InChI=1S/C18H17NO2/c1-21-14-8-9-17-15(11-14)16(12-19-17)18(20)10-7-13-5-3-2-4-6-13/h2-6,8-9,11-12,19H,7,10H2,1H3. The monoisotopic (exact) mass is 279 g/mol. The number of aromatic nitrogens is 1. The molecule has 0 radical (unpaired) electrons. The molecule has 0 unspecified atom stereocenters. The SMILES string of the molecule is COc1ccc2[nH]cc(C(=O)CCc3ccccc3)c2c1. The predicted octanol–water partition coefficient (Wildman–Crippen LogP) is 3.99. The van der Waals surface area contributed by atoms with E-state index in [1.807, 2.05) is 48.5 Å². The first-order valence-electron chi connectivity index (χ1n) is 7.00. The first-order valence-corrected chi connectivity index (χ1v) is 7.00. The van der Waals surface area contributed by atoms with Crippen LogP contribution in [-0.4, -0.2) is 17.9 Å². The van der Waals surface area contributed by atoms with Gasteiger partial charge in [0.1, 0.15) is 5.75 Å². The van der Waals surface area contributed by atoms with Crippen LogP contribution in [0.5, 0.6) is 5.75 Å². The van der Waals surface area contributed by atoms with Gasteiger partial charge in [0.15, 0.2) is 5.78 Å². The van der Waals surface area contributed by atoms with Gasteiger partial charge in [-0.1, -0.05) is 30.3 Å². The van der Waals surface area contributed by atoms with Crippen molar-refractivity contribution in [2.24, 2.45) is 0 Å². The van der Waals surface area contributed by atoms with Crippen molar-refractivity contribution in [3.05, 3.63) is 65.9 Å². The highest BCUT2D eigenvalue weighted by molar-refractivity contribution is 6.08. The Morgan fingerprint density at radius 1 is 1.14 bits per heavy atom. The van der Waals surface area contributed by atoms with Gasteiger partial charge in [-0.3, -0.25) is 4.79 Å². The number of rotatable bonds is 5. The number of carbonyl (C=O) groups is 1. The summed E-state index contributed by atoms with van der Waals surface area (Å²) >= 11 is 0. The summed E-state index contributed by atoms with van der Waals surface area (Å²) in [6.45, 7) is 0. The molecule has 0 aliphatic rings. The molecular formula is C18H17NO2. The van der Waals surface area contributed by atoms with Gasteiger partial charge in [-0.25, -0.2) is 0 Å². The van der Waals surface area contributed by atoms with Crippen LogP contribution in [0.3, 0.4) is 0 Å². The van der Waals surface area contributed by atoms with Crippen molar-refractivity contribution in [1.29, 1.82) is 0 Å². The molecule has 21 heavy (non-hydrogen) atoms. The second kappa shape index (κ2) is 5.83. The molecule has 1 N–H and O–H groups in total. The van der Waals surface area contributed by atoms with Gasteiger partial charge < -0.3 is 9.72 Å². The van der Waals surface area contributed by atoms with Crippen molar-refractivity contribution in [1.82, 2.24) is 4.98 Å². The smallest absolute Gasteiger partial charge is 0.165 e. The fourth-order valence-electron chi connectivity index (χ4n) is 2.49. The Morgan fingerprint density at radius 3 is 2.71 bits per heavy atom. The number of nitrogens with one attached hydrogen (secondary N) is 1. The zero-order valence-electron chi connectivity index (χ0n) is 11.9. The van der Waals surface area contributed by atoms with Crippen LogP contribution in [-0.2, 0) is 6.42 Å². The summed E-state index contributed by atoms with van der Waals surface area (Å²) in [5.74, 6) is 0.914. The Labute approximate surface area is 123 Å². The lowest BCUT2D eigenvalue weighted by Gasteiger charge is -2.02. The molecule has 0 saturated heterocycles. The molecule has 3 heteroatoms. The minimum atomic E-state index is 0.151. The number of Topliss-reactive ketones (excluding diaryl/α,β-unsaturated/α-hetero) is 1. The predicted molar refractivity (Wildman–Crippen MR) is 83.9 cm³/mol. The molecule has 0 aliphatic heterocycles. The number of hydrogen-bond acceptors (Lipinski definition) is 2. The van der Waals surface area contributed by atoms with Gasteiger partial charge >= 0.3 is 0 Å². The van der Waals surface area contributed by atoms with E-state index < -0.39 is 0 Å². The van der Waals surface area contributed by atoms with Crippen molar-refractivity contribution in [3.8, 4) is 5.75 Å². The van der Waals surface area contributed by atoms with Crippen molar-refractivity contribution in [2.75, 3.05) is 7.11 Å². The molecule has 3 aromatic rings. The van der Waals surface area contributed by atoms with Crippen LogP contribution < -0.4 is 4.74 Å². The fraction of sp³-hybridized carbons (Fsp3) is 0.167. The zero-order valence-corrected chi connectivity index (χ0v) is 11.9. The lowest BCUT2D eigenvalue weighted by atomic mass is 10.0. The van der Waals surface area contributed by atoms with Crippen molar-refractivity contribution < 1.29 is 9.53 Å². The van der Waals surface area contributed by atoms with Gasteiger partial charge in [-0.05, 0) is 30.2 Å². The number of ether oxygens (including phenoxy) is 1. The lowest BCUT2D eigenvalue weighted by Crippen LogP contribution is -2.00. The van der Waals surface area contributed by atoms with Gasteiger partial charge in [-0.15, -0.1) is 0 Å². The van der Waals surface area contributed by atoms with Crippen molar-refractivity contribution >= 4 is 16.7 Å². The number of methoxy groups -OCH3 is 1. The number of hydrogen-bond donors (Lipinski definition) is 1. The first kappa shape index (κ1) is 13.4. The zero-order chi connectivity index (χ0) is 14.7. The molecule has 0 fully saturated rings. The fourth-order valence-corrected chi connectivity index (χ4v) is 2.49. The van der Waals surface area contributed by atoms with Gasteiger partial charge in [0.05, 0.1) is 7.11 Å². The summed E-state index contributed by atoms with van der Waals surface area (Å²) in [6.07, 6.45) is 3.06. The Balaban J connectivity index is 1.81. The third-order valence-electron chi connectivity index (χ3n) is 3.67. The molecule has 0 amide bonds. The number of H-pyrrole nitrogens is 1. The maximum absolute atomic E-state index is 12.4. The van der Waals surface area contributed by atoms with E-state index in [0.717, 1.165) is 28.6 Å². The van der Waals surface area contributed by atoms with Crippen molar-refractivity contribution in [3.63, 3.8) is 0 Å². The van der Waals surface area contributed by atoms with Crippen LogP contribution in [0.25, 0.3) is 10.9 Å². The van der Waals surface area contributed by atoms with Crippen LogP contribution in [0.15, 0.2) is 54.7 Å². The number of aromatic amines is 1. The summed E-state index contributed by atoms with van der Waals surface area (Å²) in [5.41, 5.74) is 2.88. The van der Waals surface area contributed by atoms with Crippen molar-refractivity contribution in [2.45, 2.75) is 12.8 Å². The lowest BCUT2D eigenvalue weighted by molar-refractivity contribution is 0.0984. The number of benzene rings is 2. The summed E-state index contributed by atoms with van der Waals surface area (Å²) in [4.78, 5) is 15.6. The maximum Gasteiger partial charge on any atom is 0.165 e. The highest BCUT2D eigenvalue weighted by atomic mass is 16.5. The number of aryl methyl sites for hydroxylation is 1. The normalized spacial score (nSPS) is 10.7. The van der Waals surface area contributed by atoms with E-state index in [1.165, 1.54) is 5.56 Å². The van der Waals surface area contributed by atoms with Crippen LogP contribution >= 0.6 is 0 Å². The number of fused-ring (bicyclic) bond motifs is 1. The van der Waals surface area contributed by atoms with Gasteiger partial charge in [0, 0.05) is 29.1 Å².